The lowest BCUT2D eigenvalue weighted by atomic mass is 10.1. The minimum atomic E-state index is -0.516. The molecule has 1 aromatic carbocycles. The average Bonchev–Trinajstić information content (AvgIpc) is 2.37. The summed E-state index contributed by atoms with van der Waals surface area (Å²) in [5.41, 5.74) is 1.66. The first-order valence-electron chi connectivity index (χ1n) is 6.14. The maximum Gasteiger partial charge on any atom is 0.326 e. The van der Waals surface area contributed by atoms with Crippen LogP contribution < -0.4 is 10.6 Å². The second-order valence-corrected chi connectivity index (χ2v) is 4.76. The smallest absolute Gasteiger partial charge is 0.308 e. The largest absolute Gasteiger partial charge is 0.326 e. The van der Waals surface area contributed by atoms with Crippen LogP contribution in [-0.2, 0) is 0 Å². The Hall–Kier alpha value is -2.47. The summed E-state index contributed by atoms with van der Waals surface area (Å²) in [6, 6.07) is 7.70. The number of hydrogen-bond acceptors (Lipinski definition) is 4. The molecule has 0 radical (unpaired) electrons. The van der Waals surface area contributed by atoms with E-state index in [9.17, 15) is 9.59 Å². The molecule has 2 rings (SSSR count). The molecule has 0 saturated carbocycles. The third-order valence-electron chi connectivity index (χ3n) is 2.58. The molecule has 0 aliphatic heterocycles. The zero-order chi connectivity index (χ0) is 15.4. The van der Waals surface area contributed by atoms with Gasteiger partial charge in [0.25, 0.3) is 0 Å². The number of urea groups is 1. The highest BCUT2D eigenvalue weighted by molar-refractivity contribution is 6.29. The molecule has 1 heterocycles. The van der Waals surface area contributed by atoms with Crippen molar-refractivity contribution in [3.8, 4) is 0 Å². The van der Waals surface area contributed by atoms with Crippen molar-refractivity contribution in [2.24, 2.45) is 0 Å². The van der Waals surface area contributed by atoms with Gasteiger partial charge in [-0.05, 0) is 32.0 Å². The summed E-state index contributed by atoms with van der Waals surface area (Å²) >= 11 is 5.79. The molecule has 7 heteroatoms. The summed E-state index contributed by atoms with van der Waals surface area (Å²) in [5.74, 6) is 0.0353. The van der Waals surface area contributed by atoms with E-state index in [-0.39, 0.29) is 16.9 Å². The highest BCUT2D eigenvalue weighted by Crippen LogP contribution is 2.13. The standard InChI is InChI=1S/C14H13ClN4O2/c1-8-6-12(15)18-13(16-8)19-14(21)17-11-5-3-4-10(7-11)9(2)20/h3-7H,1-2H3,(H2,16,17,18,19,21). The van der Waals surface area contributed by atoms with Gasteiger partial charge in [0.15, 0.2) is 5.78 Å². The molecule has 0 aliphatic rings. The number of aryl methyl sites for hydroxylation is 1. The fraction of sp³-hybridized carbons (Fsp3) is 0.143. The number of carbonyl (C=O) groups is 2. The van der Waals surface area contributed by atoms with Crippen LogP contribution >= 0.6 is 11.6 Å². The van der Waals surface area contributed by atoms with Crippen LogP contribution in [0.1, 0.15) is 23.0 Å². The van der Waals surface area contributed by atoms with Crippen molar-refractivity contribution in [1.29, 1.82) is 0 Å². The van der Waals surface area contributed by atoms with Gasteiger partial charge < -0.3 is 5.32 Å². The van der Waals surface area contributed by atoms with E-state index in [1.165, 1.54) is 6.92 Å². The first kappa shape index (κ1) is 14.9. The van der Waals surface area contributed by atoms with E-state index in [0.29, 0.717) is 16.9 Å². The molecule has 0 spiro atoms. The Kier molecular flexibility index (Phi) is 4.49. The summed E-state index contributed by atoms with van der Waals surface area (Å²) in [4.78, 5) is 31.1. The van der Waals surface area contributed by atoms with Gasteiger partial charge in [0.1, 0.15) is 5.15 Å². The molecule has 0 saturated heterocycles. The summed E-state index contributed by atoms with van der Waals surface area (Å²) in [7, 11) is 0. The molecule has 21 heavy (non-hydrogen) atoms. The van der Waals surface area contributed by atoms with Gasteiger partial charge in [-0.3, -0.25) is 10.1 Å². The van der Waals surface area contributed by atoms with Gasteiger partial charge in [0.05, 0.1) is 0 Å². The Labute approximate surface area is 126 Å². The van der Waals surface area contributed by atoms with Crippen LogP contribution in [0.5, 0.6) is 0 Å². The van der Waals surface area contributed by atoms with Gasteiger partial charge in [-0.25, -0.2) is 14.8 Å². The number of rotatable bonds is 3. The fourth-order valence-corrected chi connectivity index (χ4v) is 1.90. The van der Waals surface area contributed by atoms with Crippen LogP contribution in [0.4, 0.5) is 16.4 Å². The zero-order valence-electron chi connectivity index (χ0n) is 11.5. The second-order valence-electron chi connectivity index (χ2n) is 4.37. The average molecular weight is 305 g/mol. The quantitative estimate of drug-likeness (QED) is 0.673. The predicted molar refractivity (Wildman–Crippen MR) is 80.9 cm³/mol. The number of aromatic nitrogens is 2. The molecule has 0 atom stereocenters. The van der Waals surface area contributed by atoms with Gasteiger partial charge in [-0.1, -0.05) is 23.7 Å². The highest BCUT2D eigenvalue weighted by atomic mass is 35.5. The number of benzene rings is 1. The molecule has 2 N–H and O–H groups in total. The Balaban J connectivity index is 2.08. The molecule has 6 nitrogen and oxygen atoms in total. The molecule has 0 bridgehead atoms. The molecular weight excluding hydrogens is 292 g/mol. The molecule has 2 aromatic rings. The van der Waals surface area contributed by atoms with Crippen LogP contribution in [0.2, 0.25) is 5.15 Å². The summed E-state index contributed by atoms with van der Waals surface area (Å²) < 4.78 is 0. The number of carbonyl (C=O) groups excluding carboxylic acids is 2. The Bertz CT molecular complexity index is 683. The third kappa shape index (κ3) is 4.25. The first-order valence-corrected chi connectivity index (χ1v) is 6.52. The topological polar surface area (TPSA) is 84.0 Å². The number of anilines is 2. The molecule has 1 aromatic heterocycles. The van der Waals surface area contributed by atoms with Crippen LogP contribution in [-0.4, -0.2) is 21.8 Å². The summed E-state index contributed by atoms with van der Waals surface area (Å²) in [6.07, 6.45) is 0. The molecule has 0 aliphatic carbocycles. The lowest BCUT2D eigenvalue weighted by molar-refractivity contribution is 0.101. The van der Waals surface area contributed by atoms with Crippen LogP contribution in [0.15, 0.2) is 30.3 Å². The van der Waals surface area contributed by atoms with Gasteiger partial charge in [0.2, 0.25) is 5.95 Å². The van der Waals surface area contributed by atoms with Crippen molar-refractivity contribution in [1.82, 2.24) is 9.97 Å². The highest BCUT2D eigenvalue weighted by Gasteiger charge is 2.07. The van der Waals surface area contributed by atoms with Crippen LogP contribution in [0.3, 0.4) is 0 Å². The second kappa shape index (κ2) is 6.32. The van der Waals surface area contributed by atoms with Crippen molar-refractivity contribution in [2.75, 3.05) is 10.6 Å². The van der Waals surface area contributed by atoms with Gasteiger partial charge in [-0.15, -0.1) is 0 Å². The van der Waals surface area contributed by atoms with E-state index in [2.05, 4.69) is 20.6 Å². The van der Waals surface area contributed by atoms with Gasteiger partial charge in [-0.2, -0.15) is 0 Å². The van der Waals surface area contributed by atoms with E-state index < -0.39 is 6.03 Å². The van der Waals surface area contributed by atoms with E-state index >= 15 is 0 Å². The van der Waals surface area contributed by atoms with Crippen molar-refractivity contribution < 1.29 is 9.59 Å². The first-order chi connectivity index (χ1) is 9.94. The Morgan fingerprint density at radius 2 is 1.90 bits per heavy atom. The number of Topliss-reactive ketones (excluding diaryl/α,β-unsaturated/α-hetero) is 1. The van der Waals surface area contributed by atoms with Crippen molar-refractivity contribution in [2.45, 2.75) is 13.8 Å². The van der Waals surface area contributed by atoms with Gasteiger partial charge >= 0.3 is 6.03 Å². The number of halogens is 1. The molecule has 2 amide bonds. The number of hydrogen-bond donors (Lipinski definition) is 2. The number of nitrogens with zero attached hydrogens (tertiary/aromatic N) is 2. The number of ketones is 1. The van der Waals surface area contributed by atoms with E-state index in [1.807, 2.05) is 0 Å². The maximum atomic E-state index is 11.9. The zero-order valence-corrected chi connectivity index (χ0v) is 12.2. The summed E-state index contributed by atoms with van der Waals surface area (Å²) in [6.45, 7) is 3.20. The van der Waals surface area contributed by atoms with E-state index in [0.717, 1.165) is 0 Å². The maximum absolute atomic E-state index is 11.9. The van der Waals surface area contributed by atoms with E-state index in [4.69, 9.17) is 11.6 Å². The Morgan fingerprint density at radius 3 is 2.57 bits per heavy atom. The van der Waals surface area contributed by atoms with Crippen molar-refractivity contribution in [3.05, 3.63) is 46.7 Å². The predicted octanol–water partition coefficient (Wildman–Crippen LogP) is 3.29. The third-order valence-corrected chi connectivity index (χ3v) is 2.77. The molecule has 0 fully saturated rings. The van der Waals surface area contributed by atoms with Gasteiger partial charge in [0, 0.05) is 16.9 Å². The number of nitrogens with one attached hydrogen (secondary N) is 2. The fourth-order valence-electron chi connectivity index (χ4n) is 1.67. The van der Waals surface area contributed by atoms with Crippen molar-refractivity contribution in [3.63, 3.8) is 0 Å². The normalized spacial score (nSPS) is 10.0. The van der Waals surface area contributed by atoms with Crippen LogP contribution in [0, 0.1) is 6.92 Å². The van der Waals surface area contributed by atoms with Crippen LogP contribution in [0.25, 0.3) is 0 Å². The SMILES string of the molecule is CC(=O)c1cccc(NC(=O)Nc2nc(C)cc(Cl)n2)c1. The van der Waals surface area contributed by atoms with E-state index in [1.54, 1.807) is 37.3 Å². The molecule has 108 valence electrons. The summed E-state index contributed by atoms with van der Waals surface area (Å²) in [5, 5.41) is 5.32. The lowest BCUT2D eigenvalue weighted by Gasteiger charge is -2.08. The number of amides is 2. The molecule has 0 unspecified atom stereocenters. The van der Waals surface area contributed by atoms with Crippen molar-refractivity contribution >= 4 is 35.1 Å². The Morgan fingerprint density at radius 1 is 1.14 bits per heavy atom. The minimum Gasteiger partial charge on any atom is -0.308 e. The lowest BCUT2D eigenvalue weighted by Crippen LogP contribution is -2.21. The monoisotopic (exact) mass is 304 g/mol. The molecular formula is C14H13ClN4O2. The minimum absolute atomic E-state index is 0.0761.